The van der Waals surface area contributed by atoms with Gasteiger partial charge in [0.2, 0.25) is 5.91 Å². The first-order chi connectivity index (χ1) is 8.54. The largest absolute Gasteiger partial charge is 0.352 e. The number of carbonyl (C=O) groups is 2. The van der Waals surface area contributed by atoms with Crippen molar-refractivity contribution in [2.24, 2.45) is 0 Å². The summed E-state index contributed by atoms with van der Waals surface area (Å²) in [6.07, 6.45) is 0. The zero-order valence-electron chi connectivity index (χ0n) is 11.5. The Bertz CT molecular complexity index is 288. The summed E-state index contributed by atoms with van der Waals surface area (Å²) in [5, 5.41) is 6.00. The third kappa shape index (κ3) is 4.52. The lowest BCUT2D eigenvalue weighted by Crippen LogP contribution is -2.53. The van der Waals surface area contributed by atoms with Crippen molar-refractivity contribution in [3.8, 4) is 0 Å². The SMILES string of the molecule is CCN(CC(=O)NC(C)C)C(=O)N1CCNCC1. The Labute approximate surface area is 109 Å². The van der Waals surface area contributed by atoms with Crippen LogP contribution in [0, 0.1) is 0 Å². The highest BCUT2D eigenvalue weighted by molar-refractivity contribution is 5.84. The van der Waals surface area contributed by atoms with E-state index < -0.39 is 0 Å². The van der Waals surface area contributed by atoms with Gasteiger partial charge in [-0.25, -0.2) is 4.79 Å². The predicted octanol–water partition coefficient (Wildman–Crippen LogP) is -0.142. The molecule has 0 aromatic carbocycles. The van der Waals surface area contributed by atoms with Crippen LogP contribution in [-0.2, 0) is 4.79 Å². The first-order valence-corrected chi connectivity index (χ1v) is 6.58. The number of likely N-dealkylation sites (N-methyl/N-ethyl adjacent to an activating group) is 1. The lowest BCUT2D eigenvalue weighted by atomic mass is 10.3. The molecule has 1 fully saturated rings. The van der Waals surface area contributed by atoms with Crippen molar-refractivity contribution >= 4 is 11.9 Å². The fourth-order valence-corrected chi connectivity index (χ4v) is 1.91. The van der Waals surface area contributed by atoms with Gasteiger partial charge in [-0.1, -0.05) is 0 Å². The Morgan fingerprint density at radius 1 is 1.33 bits per heavy atom. The second kappa shape index (κ2) is 7.20. The number of amides is 3. The van der Waals surface area contributed by atoms with Crippen LogP contribution in [0.15, 0.2) is 0 Å². The molecule has 1 aliphatic heterocycles. The molecule has 2 N–H and O–H groups in total. The minimum Gasteiger partial charge on any atom is -0.352 e. The number of urea groups is 1. The van der Waals surface area contributed by atoms with Crippen molar-refractivity contribution in [1.82, 2.24) is 20.4 Å². The van der Waals surface area contributed by atoms with Gasteiger partial charge >= 0.3 is 6.03 Å². The maximum absolute atomic E-state index is 12.2. The second-order valence-electron chi connectivity index (χ2n) is 4.76. The molecule has 18 heavy (non-hydrogen) atoms. The molecule has 0 saturated carbocycles. The maximum atomic E-state index is 12.2. The molecular formula is C12H24N4O2. The highest BCUT2D eigenvalue weighted by atomic mass is 16.2. The number of carbonyl (C=O) groups excluding carboxylic acids is 2. The van der Waals surface area contributed by atoms with E-state index in [4.69, 9.17) is 0 Å². The van der Waals surface area contributed by atoms with Crippen LogP contribution < -0.4 is 10.6 Å². The van der Waals surface area contributed by atoms with Crippen LogP contribution in [0.25, 0.3) is 0 Å². The van der Waals surface area contributed by atoms with Crippen LogP contribution >= 0.6 is 0 Å². The Morgan fingerprint density at radius 2 is 1.94 bits per heavy atom. The summed E-state index contributed by atoms with van der Waals surface area (Å²) in [7, 11) is 0. The molecule has 0 aromatic rings. The number of hydrogen-bond donors (Lipinski definition) is 2. The van der Waals surface area contributed by atoms with E-state index in [1.54, 1.807) is 9.80 Å². The van der Waals surface area contributed by atoms with Gasteiger partial charge in [0.15, 0.2) is 0 Å². The van der Waals surface area contributed by atoms with E-state index >= 15 is 0 Å². The molecule has 0 unspecified atom stereocenters. The molecule has 0 atom stereocenters. The fourth-order valence-electron chi connectivity index (χ4n) is 1.91. The van der Waals surface area contributed by atoms with Gasteiger partial charge < -0.3 is 20.4 Å². The third-order valence-corrected chi connectivity index (χ3v) is 2.82. The monoisotopic (exact) mass is 256 g/mol. The molecule has 1 heterocycles. The number of nitrogens with one attached hydrogen (secondary N) is 2. The second-order valence-corrected chi connectivity index (χ2v) is 4.76. The number of piperazine rings is 1. The quantitative estimate of drug-likeness (QED) is 0.736. The highest BCUT2D eigenvalue weighted by Gasteiger charge is 2.23. The Morgan fingerprint density at radius 3 is 2.44 bits per heavy atom. The summed E-state index contributed by atoms with van der Waals surface area (Å²) in [4.78, 5) is 27.2. The van der Waals surface area contributed by atoms with Crippen molar-refractivity contribution in [3.05, 3.63) is 0 Å². The van der Waals surface area contributed by atoms with Crippen LogP contribution in [0.4, 0.5) is 4.79 Å². The molecule has 104 valence electrons. The molecule has 3 amide bonds. The van der Waals surface area contributed by atoms with Gasteiger partial charge in [0, 0.05) is 38.8 Å². The molecule has 0 radical (unpaired) electrons. The van der Waals surface area contributed by atoms with Crippen molar-refractivity contribution in [2.45, 2.75) is 26.8 Å². The first-order valence-electron chi connectivity index (χ1n) is 6.58. The molecular weight excluding hydrogens is 232 g/mol. The van der Waals surface area contributed by atoms with Gasteiger partial charge in [-0.05, 0) is 20.8 Å². The summed E-state index contributed by atoms with van der Waals surface area (Å²) in [5.41, 5.74) is 0. The van der Waals surface area contributed by atoms with E-state index in [9.17, 15) is 9.59 Å². The number of nitrogens with zero attached hydrogens (tertiary/aromatic N) is 2. The molecule has 6 nitrogen and oxygen atoms in total. The number of hydrogen-bond acceptors (Lipinski definition) is 3. The minimum atomic E-state index is -0.102. The van der Waals surface area contributed by atoms with Crippen LogP contribution in [0.5, 0.6) is 0 Å². The summed E-state index contributed by atoms with van der Waals surface area (Å²) in [5.74, 6) is -0.102. The van der Waals surface area contributed by atoms with Crippen LogP contribution in [0.1, 0.15) is 20.8 Å². The lowest BCUT2D eigenvalue weighted by molar-refractivity contribution is -0.122. The normalized spacial score (nSPS) is 15.7. The van der Waals surface area contributed by atoms with Crippen LogP contribution in [-0.4, -0.2) is 67.0 Å². The van der Waals surface area contributed by atoms with Gasteiger partial charge in [0.05, 0.1) is 0 Å². The van der Waals surface area contributed by atoms with Gasteiger partial charge in [-0.15, -0.1) is 0 Å². The zero-order chi connectivity index (χ0) is 13.5. The van der Waals surface area contributed by atoms with E-state index in [-0.39, 0.29) is 24.5 Å². The average Bonchev–Trinajstić information content (AvgIpc) is 2.35. The van der Waals surface area contributed by atoms with E-state index in [1.165, 1.54) is 0 Å². The summed E-state index contributed by atoms with van der Waals surface area (Å²) in [6, 6.07) is 0.0587. The van der Waals surface area contributed by atoms with Crippen molar-refractivity contribution in [1.29, 1.82) is 0 Å². The molecule has 6 heteroatoms. The highest BCUT2D eigenvalue weighted by Crippen LogP contribution is 2.01. The molecule has 0 aromatic heterocycles. The number of rotatable bonds is 4. The maximum Gasteiger partial charge on any atom is 0.320 e. The topological polar surface area (TPSA) is 64.7 Å². The molecule has 0 spiro atoms. The summed E-state index contributed by atoms with van der Waals surface area (Å²) >= 11 is 0. The molecule has 1 aliphatic rings. The molecule has 1 saturated heterocycles. The zero-order valence-corrected chi connectivity index (χ0v) is 11.5. The average molecular weight is 256 g/mol. The Balaban J connectivity index is 2.48. The first kappa shape index (κ1) is 14.8. The van der Waals surface area contributed by atoms with Gasteiger partial charge in [0.1, 0.15) is 6.54 Å². The summed E-state index contributed by atoms with van der Waals surface area (Å²) < 4.78 is 0. The van der Waals surface area contributed by atoms with Crippen molar-refractivity contribution < 1.29 is 9.59 Å². The molecule has 0 aliphatic carbocycles. The van der Waals surface area contributed by atoms with Gasteiger partial charge in [-0.2, -0.15) is 0 Å². The van der Waals surface area contributed by atoms with E-state index in [2.05, 4.69) is 10.6 Å². The standard InChI is InChI=1S/C12H24N4O2/c1-4-15(9-11(17)14-10(2)3)12(18)16-7-5-13-6-8-16/h10,13H,4-9H2,1-3H3,(H,14,17). The molecule has 0 bridgehead atoms. The smallest absolute Gasteiger partial charge is 0.320 e. The van der Waals surface area contributed by atoms with Crippen molar-refractivity contribution in [2.75, 3.05) is 39.3 Å². The Hall–Kier alpha value is -1.30. The van der Waals surface area contributed by atoms with E-state index in [0.717, 1.165) is 13.1 Å². The minimum absolute atomic E-state index is 0.0436. The lowest BCUT2D eigenvalue weighted by Gasteiger charge is -2.32. The Kier molecular flexibility index (Phi) is 5.91. The van der Waals surface area contributed by atoms with Gasteiger partial charge in [-0.3, -0.25) is 4.79 Å². The third-order valence-electron chi connectivity index (χ3n) is 2.82. The summed E-state index contributed by atoms with van der Waals surface area (Å²) in [6.45, 7) is 9.46. The van der Waals surface area contributed by atoms with Crippen molar-refractivity contribution in [3.63, 3.8) is 0 Å². The molecule has 1 rings (SSSR count). The fraction of sp³-hybridized carbons (Fsp3) is 0.833. The van der Waals surface area contributed by atoms with E-state index in [0.29, 0.717) is 19.6 Å². The van der Waals surface area contributed by atoms with Crippen LogP contribution in [0.2, 0.25) is 0 Å². The van der Waals surface area contributed by atoms with Crippen LogP contribution in [0.3, 0.4) is 0 Å². The predicted molar refractivity (Wildman–Crippen MR) is 70.4 cm³/mol. The van der Waals surface area contributed by atoms with E-state index in [1.807, 2.05) is 20.8 Å². The van der Waals surface area contributed by atoms with Gasteiger partial charge in [0.25, 0.3) is 0 Å².